The Morgan fingerprint density at radius 2 is 1.78 bits per heavy atom. The molecule has 0 unspecified atom stereocenters. The monoisotopic (exact) mass is 353 g/mol. The summed E-state index contributed by atoms with van der Waals surface area (Å²) in [5.41, 5.74) is 2.77. The fraction of sp³-hybridized carbons (Fsp3) is 0.0667. The summed E-state index contributed by atoms with van der Waals surface area (Å²) in [6.45, 7) is -0.208. The van der Waals surface area contributed by atoms with Crippen molar-refractivity contribution in [1.29, 1.82) is 0 Å². The number of rotatable bonds is 5. The summed E-state index contributed by atoms with van der Waals surface area (Å²) in [7, 11) is 0. The number of hydrogen-bond acceptors (Lipinski definition) is 4. The molecule has 120 valence electrons. The van der Waals surface area contributed by atoms with Crippen molar-refractivity contribution in [2.24, 2.45) is 5.84 Å². The van der Waals surface area contributed by atoms with Gasteiger partial charge in [-0.15, -0.1) is 0 Å². The van der Waals surface area contributed by atoms with Crippen molar-refractivity contribution in [3.8, 4) is 5.75 Å². The van der Waals surface area contributed by atoms with E-state index in [-0.39, 0.29) is 12.5 Å². The number of halogens is 2. The zero-order chi connectivity index (χ0) is 16.8. The Hall–Kier alpha value is -2.28. The number of hydrogen-bond donors (Lipinski definition) is 3. The molecule has 0 bridgehead atoms. The minimum Gasteiger partial charge on any atom is -0.484 e. The van der Waals surface area contributed by atoms with Crippen LogP contribution >= 0.6 is 23.2 Å². The molecule has 8 heteroatoms. The van der Waals surface area contributed by atoms with E-state index in [0.717, 1.165) is 0 Å². The number of amides is 2. The van der Waals surface area contributed by atoms with Gasteiger partial charge >= 0.3 is 0 Å². The van der Waals surface area contributed by atoms with Gasteiger partial charge in [-0.3, -0.25) is 15.0 Å². The van der Waals surface area contributed by atoms with Gasteiger partial charge < -0.3 is 10.1 Å². The van der Waals surface area contributed by atoms with Crippen molar-refractivity contribution in [2.75, 3.05) is 11.9 Å². The van der Waals surface area contributed by atoms with Gasteiger partial charge in [0.05, 0.1) is 10.7 Å². The highest BCUT2D eigenvalue weighted by atomic mass is 35.5. The van der Waals surface area contributed by atoms with E-state index < -0.39 is 5.91 Å². The quantitative estimate of drug-likeness (QED) is 0.437. The van der Waals surface area contributed by atoms with E-state index in [9.17, 15) is 9.59 Å². The first kappa shape index (κ1) is 17.1. The molecule has 2 rings (SSSR count). The predicted molar refractivity (Wildman–Crippen MR) is 88.7 cm³/mol. The molecule has 0 aliphatic carbocycles. The van der Waals surface area contributed by atoms with Crippen molar-refractivity contribution in [3.63, 3.8) is 0 Å². The third-order valence-corrected chi connectivity index (χ3v) is 3.39. The highest BCUT2D eigenvalue weighted by molar-refractivity contribution is 6.35. The van der Waals surface area contributed by atoms with Crippen LogP contribution in [0.5, 0.6) is 5.75 Å². The molecule has 0 saturated carbocycles. The fourth-order valence-corrected chi connectivity index (χ4v) is 2.02. The normalized spacial score (nSPS) is 10.0. The van der Waals surface area contributed by atoms with Gasteiger partial charge in [-0.05, 0) is 42.5 Å². The van der Waals surface area contributed by atoms with E-state index in [1.807, 2.05) is 5.43 Å². The van der Waals surface area contributed by atoms with Gasteiger partial charge in [0.15, 0.2) is 6.61 Å². The lowest BCUT2D eigenvalue weighted by Crippen LogP contribution is -2.34. The molecular weight excluding hydrogens is 341 g/mol. The Morgan fingerprint density at radius 3 is 2.43 bits per heavy atom. The summed E-state index contributed by atoms with van der Waals surface area (Å²) >= 11 is 11.9. The first-order chi connectivity index (χ1) is 11.0. The molecule has 0 aliphatic heterocycles. The third-order valence-electron chi connectivity index (χ3n) is 2.82. The second-order valence-electron chi connectivity index (χ2n) is 4.46. The maximum absolute atomic E-state index is 12.2. The second-order valence-corrected chi connectivity index (χ2v) is 5.30. The van der Waals surface area contributed by atoms with Crippen LogP contribution < -0.4 is 21.3 Å². The minimum absolute atomic E-state index is 0.208. The van der Waals surface area contributed by atoms with Gasteiger partial charge in [0.2, 0.25) is 0 Å². The van der Waals surface area contributed by atoms with E-state index in [1.165, 1.54) is 0 Å². The molecule has 0 heterocycles. The van der Waals surface area contributed by atoms with Crippen LogP contribution in [0.3, 0.4) is 0 Å². The van der Waals surface area contributed by atoms with Crippen LogP contribution in [0.4, 0.5) is 5.69 Å². The summed E-state index contributed by atoms with van der Waals surface area (Å²) in [4.78, 5) is 23.1. The van der Waals surface area contributed by atoms with Gasteiger partial charge in [-0.1, -0.05) is 23.2 Å². The lowest BCUT2D eigenvalue weighted by atomic mass is 10.2. The average Bonchev–Trinajstić information content (AvgIpc) is 2.56. The highest BCUT2D eigenvalue weighted by Crippen LogP contribution is 2.26. The van der Waals surface area contributed by atoms with E-state index in [4.69, 9.17) is 33.8 Å². The Morgan fingerprint density at radius 1 is 1.09 bits per heavy atom. The zero-order valence-corrected chi connectivity index (χ0v) is 13.3. The molecule has 23 heavy (non-hydrogen) atoms. The SMILES string of the molecule is NNC(=O)COc1ccc(C(=O)Nc2cc(Cl)ccc2Cl)cc1. The molecule has 6 nitrogen and oxygen atoms in total. The van der Waals surface area contributed by atoms with Crippen LogP contribution in [0.25, 0.3) is 0 Å². The van der Waals surface area contributed by atoms with Crippen LogP contribution in [-0.4, -0.2) is 18.4 Å². The van der Waals surface area contributed by atoms with Gasteiger partial charge in [0.25, 0.3) is 11.8 Å². The van der Waals surface area contributed by atoms with Crippen molar-refractivity contribution < 1.29 is 14.3 Å². The number of carbonyl (C=O) groups excluding carboxylic acids is 2. The number of nitrogens with one attached hydrogen (secondary N) is 2. The molecule has 0 aliphatic rings. The summed E-state index contributed by atoms with van der Waals surface area (Å²) in [6, 6.07) is 11.0. The van der Waals surface area contributed by atoms with Crippen LogP contribution in [-0.2, 0) is 4.79 Å². The molecule has 4 N–H and O–H groups in total. The van der Waals surface area contributed by atoms with Crippen LogP contribution in [0.2, 0.25) is 10.0 Å². The number of anilines is 1. The largest absolute Gasteiger partial charge is 0.484 e. The van der Waals surface area contributed by atoms with Crippen molar-refractivity contribution in [3.05, 3.63) is 58.1 Å². The van der Waals surface area contributed by atoms with Gasteiger partial charge in [-0.2, -0.15) is 0 Å². The lowest BCUT2D eigenvalue weighted by molar-refractivity contribution is -0.123. The van der Waals surface area contributed by atoms with E-state index in [0.29, 0.717) is 27.0 Å². The van der Waals surface area contributed by atoms with Gasteiger partial charge in [0, 0.05) is 10.6 Å². The van der Waals surface area contributed by atoms with E-state index >= 15 is 0 Å². The fourth-order valence-electron chi connectivity index (χ4n) is 1.68. The van der Waals surface area contributed by atoms with Gasteiger partial charge in [-0.25, -0.2) is 5.84 Å². The minimum atomic E-state index is -0.456. The van der Waals surface area contributed by atoms with Gasteiger partial charge in [0.1, 0.15) is 5.75 Å². The maximum Gasteiger partial charge on any atom is 0.271 e. The molecule has 2 aromatic rings. The summed E-state index contributed by atoms with van der Waals surface area (Å²) in [6.07, 6.45) is 0. The Balaban J connectivity index is 2.02. The van der Waals surface area contributed by atoms with Crippen LogP contribution in [0, 0.1) is 0 Å². The Bertz CT molecular complexity index is 720. The molecular formula is C15H13Cl2N3O3. The van der Waals surface area contributed by atoms with E-state index in [1.54, 1.807) is 42.5 Å². The lowest BCUT2D eigenvalue weighted by Gasteiger charge is -2.09. The molecule has 0 spiro atoms. The first-order valence-electron chi connectivity index (χ1n) is 6.48. The number of hydrazine groups is 1. The Labute approximate surface area is 142 Å². The third kappa shape index (κ3) is 4.85. The highest BCUT2D eigenvalue weighted by Gasteiger charge is 2.09. The molecule has 0 saturated heterocycles. The smallest absolute Gasteiger partial charge is 0.271 e. The number of ether oxygens (including phenoxy) is 1. The maximum atomic E-state index is 12.2. The Kier molecular flexibility index (Phi) is 5.81. The molecule has 2 amide bonds. The zero-order valence-electron chi connectivity index (χ0n) is 11.8. The molecule has 0 atom stereocenters. The van der Waals surface area contributed by atoms with Crippen molar-refractivity contribution in [1.82, 2.24) is 5.43 Å². The summed E-state index contributed by atoms with van der Waals surface area (Å²) in [5, 5.41) is 3.52. The van der Waals surface area contributed by atoms with E-state index in [2.05, 4.69) is 5.32 Å². The number of carbonyl (C=O) groups is 2. The topological polar surface area (TPSA) is 93.4 Å². The van der Waals surface area contributed by atoms with Crippen LogP contribution in [0.15, 0.2) is 42.5 Å². The molecule has 0 fully saturated rings. The van der Waals surface area contributed by atoms with Crippen molar-refractivity contribution >= 4 is 40.7 Å². The number of benzene rings is 2. The second kappa shape index (κ2) is 7.82. The molecule has 0 aromatic heterocycles. The number of nitrogens with two attached hydrogens (primary N) is 1. The molecule has 2 aromatic carbocycles. The first-order valence-corrected chi connectivity index (χ1v) is 7.24. The average molecular weight is 354 g/mol. The van der Waals surface area contributed by atoms with Crippen molar-refractivity contribution in [2.45, 2.75) is 0 Å². The summed E-state index contributed by atoms with van der Waals surface area (Å²) in [5.74, 6) is 4.58. The predicted octanol–water partition coefficient (Wildman–Crippen LogP) is 2.61. The van der Waals surface area contributed by atoms with Crippen LogP contribution in [0.1, 0.15) is 10.4 Å². The standard InChI is InChI=1S/C15H13Cl2N3O3/c16-10-3-6-12(17)13(7-10)19-15(22)9-1-4-11(5-2-9)23-8-14(21)20-18/h1-7H,8,18H2,(H,19,22)(H,20,21). The summed E-state index contributed by atoms with van der Waals surface area (Å²) < 4.78 is 5.18. The molecule has 0 radical (unpaired) electrons.